The van der Waals surface area contributed by atoms with Crippen LogP contribution in [0.3, 0.4) is 0 Å². The first-order valence-electron chi connectivity index (χ1n) is 8.11. The van der Waals surface area contributed by atoms with Gasteiger partial charge in [-0.1, -0.05) is 18.2 Å². The van der Waals surface area contributed by atoms with Gasteiger partial charge < -0.3 is 19.1 Å². The Morgan fingerprint density at radius 3 is 2.52 bits per heavy atom. The van der Waals surface area contributed by atoms with Gasteiger partial charge in [0.05, 0.1) is 25.9 Å². The second-order valence-electron chi connectivity index (χ2n) is 6.35. The van der Waals surface area contributed by atoms with Crippen molar-refractivity contribution in [1.82, 2.24) is 4.90 Å². The molecule has 1 spiro atoms. The fraction of sp³-hybridized carbons (Fsp3) is 0.368. The maximum Gasteiger partial charge on any atom is 0.296 e. The third-order valence-electron chi connectivity index (χ3n) is 5.38. The van der Waals surface area contributed by atoms with Crippen LogP contribution in [0.25, 0.3) is 0 Å². The van der Waals surface area contributed by atoms with E-state index in [1.165, 1.54) is 7.11 Å². The average molecular weight is 341 g/mol. The summed E-state index contributed by atoms with van der Waals surface area (Å²) in [5.74, 6) is -0.0335. The number of ketones is 1. The molecule has 0 radical (unpaired) electrons. The minimum atomic E-state index is -0.699. The summed E-state index contributed by atoms with van der Waals surface area (Å²) >= 11 is 0. The normalized spacial score (nSPS) is 26.8. The highest BCUT2D eigenvalue weighted by molar-refractivity contribution is 6.44. The van der Waals surface area contributed by atoms with Crippen LogP contribution in [-0.2, 0) is 15.1 Å². The van der Waals surface area contributed by atoms with Crippen LogP contribution in [0.4, 0.5) is 0 Å². The van der Waals surface area contributed by atoms with Gasteiger partial charge in [0.2, 0.25) is 0 Å². The lowest BCUT2D eigenvalue weighted by Crippen LogP contribution is -2.56. The summed E-state index contributed by atoms with van der Waals surface area (Å²) in [5.41, 5.74) is 1.45. The number of methoxy groups -OCH3 is 3. The summed E-state index contributed by atoms with van der Waals surface area (Å²) in [6.45, 7) is 0.411. The molecule has 0 saturated carbocycles. The highest BCUT2D eigenvalue weighted by Crippen LogP contribution is 2.52. The monoisotopic (exact) mass is 341 g/mol. The van der Waals surface area contributed by atoms with E-state index in [1.54, 1.807) is 25.2 Å². The zero-order valence-corrected chi connectivity index (χ0v) is 14.4. The standard InChI is InChI=1S/C19H19NO5/c1-23-12-5-4-11-6-7-20-18(22)17(21)13-8-15(24-2)16(25-3)9-14(13)19(11,20)10-12/h4-6,8-9,12H,7,10H2,1-3H3. The van der Waals surface area contributed by atoms with Crippen LogP contribution in [0.2, 0.25) is 0 Å². The van der Waals surface area contributed by atoms with E-state index in [2.05, 4.69) is 0 Å². The van der Waals surface area contributed by atoms with Crippen LogP contribution in [-0.4, -0.2) is 50.6 Å². The number of fused-ring (bicyclic) bond motifs is 1. The van der Waals surface area contributed by atoms with Crippen molar-refractivity contribution in [2.24, 2.45) is 0 Å². The highest BCUT2D eigenvalue weighted by atomic mass is 16.5. The molecule has 6 nitrogen and oxygen atoms in total. The predicted molar refractivity (Wildman–Crippen MR) is 89.9 cm³/mol. The molecule has 4 rings (SSSR count). The SMILES string of the molecule is COc1cc2c(cc1OC)C13CC(OC)C=CC1=CCN3C(=O)C2=O. The molecular formula is C19H19NO5. The van der Waals surface area contributed by atoms with Gasteiger partial charge in [-0.2, -0.15) is 0 Å². The van der Waals surface area contributed by atoms with E-state index in [9.17, 15) is 9.59 Å². The molecule has 3 aliphatic rings. The molecule has 0 bridgehead atoms. The molecule has 2 aliphatic heterocycles. The van der Waals surface area contributed by atoms with Crippen molar-refractivity contribution in [3.63, 3.8) is 0 Å². The van der Waals surface area contributed by atoms with Crippen LogP contribution >= 0.6 is 0 Å². The molecular weight excluding hydrogens is 322 g/mol. The van der Waals surface area contributed by atoms with Crippen molar-refractivity contribution >= 4 is 11.7 Å². The molecule has 130 valence electrons. The molecule has 0 N–H and O–H groups in total. The van der Waals surface area contributed by atoms with Crippen LogP contribution in [0.1, 0.15) is 22.3 Å². The average Bonchev–Trinajstić information content (AvgIpc) is 3.04. The maximum atomic E-state index is 12.8. The summed E-state index contributed by atoms with van der Waals surface area (Å²) in [7, 11) is 4.71. The van der Waals surface area contributed by atoms with E-state index in [0.717, 1.165) is 11.1 Å². The van der Waals surface area contributed by atoms with Crippen LogP contribution in [0.15, 0.2) is 35.9 Å². The minimum Gasteiger partial charge on any atom is -0.493 e. The fourth-order valence-corrected chi connectivity index (χ4v) is 4.15. The third kappa shape index (κ3) is 1.94. The first-order valence-corrected chi connectivity index (χ1v) is 8.11. The first kappa shape index (κ1) is 15.9. The van der Waals surface area contributed by atoms with E-state index in [0.29, 0.717) is 30.0 Å². The quantitative estimate of drug-likeness (QED) is 0.785. The second kappa shape index (κ2) is 5.46. The molecule has 1 aromatic carbocycles. The molecule has 2 atom stereocenters. The number of Topliss-reactive ketones (excluding diaryl/α,β-unsaturated/α-hetero) is 1. The Balaban J connectivity index is 2.01. The van der Waals surface area contributed by atoms with E-state index in [1.807, 2.05) is 24.3 Å². The highest BCUT2D eigenvalue weighted by Gasteiger charge is 2.55. The number of carbonyl (C=O) groups excluding carboxylic acids is 2. The van der Waals surface area contributed by atoms with Crippen molar-refractivity contribution in [2.45, 2.75) is 18.1 Å². The summed E-state index contributed by atoms with van der Waals surface area (Å²) in [6, 6.07) is 3.42. The fourth-order valence-electron chi connectivity index (χ4n) is 4.15. The van der Waals surface area contributed by atoms with Gasteiger partial charge in [0.25, 0.3) is 11.7 Å². The Hall–Kier alpha value is -2.60. The predicted octanol–water partition coefficient (Wildman–Crippen LogP) is 1.84. The Morgan fingerprint density at radius 1 is 1.12 bits per heavy atom. The lowest BCUT2D eigenvalue weighted by atomic mass is 9.71. The number of carbonyl (C=O) groups is 2. The molecule has 1 aliphatic carbocycles. The molecule has 0 fully saturated rings. The van der Waals surface area contributed by atoms with Crippen molar-refractivity contribution in [3.05, 3.63) is 47.1 Å². The zero-order chi connectivity index (χ0) is 17.8. The van der Waals surface area contributed by atoms with Crippen LogP contribution in [0, 0.1) is 0 Å². The Kier molecular flexibility index (Phi) is 3.47. The minimum absolute atomic E-state index is 0.139. The van der Waals surface area contributed by atoms with Gasteiger partial charge in [0, 0.05) is 25.6 Å². The lowest BCUT2D eigenvalue weighted by Gasteiger charge is -2.47. The maximum absolute atomic E-state index is 12.8. The third-order valence-corrected chi connectivity index (χ3v) is 5.38. The van der Waals surface area contributed by atoms with E-state index in [4.69, 9.17) is 14.2 Å². The number of hydrogen-bond acceptors (Lipinski definition) is 5. The van der Waals surface area contributed by atoms with Gasteiger partial charge >= 0.3 is 0 Å². The Morgan fingerprint density at radius 2 is 1.84 bits per heavy atom. The smallest absolute Gasteiger partial charge is 0.296 e. The van der Waals surface area contributed by atoms with Crippen molar-refractivity contribution in [1.29, 1.82) is 0 Å². The topological polar surface area (TPSA) is 65.1 Å². The number of hydrogen-bond donors (Lipinski definition) is 0. The summed E-state index contributed by atoms with van der Waals surface area (Å²) in [5, 5.41) is 0. The van der Waals surface area contributed by atoms with E-state index in [-0.39, 0.29) is 6.10 Å². The van der Waals surface area contributed by atoms with Gasteiger partial charge in [-0.3, -0.25) is 9.59 Å². The molecule has 1 amide bonds. The molecule has 6 heteroatoms. The van der Waals surface area contributed by atoms with Crippen molar-refractivity contribution in [3.8, 4) is 11.5 Å². The van der Waals surface area contributed by atoms with Crippen molar-refractivity contribution < 1.29 is 23.8 Å². The first-order chi connectivity index (χ1) is 12.1. The summed E-state index contributed by atoms with van der Waals surface area (Å²) in [6.07, 6.45) is 6.40. The number of benzene rings is 1. The number of rotatable bonds is 3. The second-order valence-corrected chi connectivity index (χ2v) is 6.35. The van der Waals surface area contributed by atoms with Crippen LogP contribution in [0.5, 0.6) is 11.5 Å². The summed E-state index contributed by atoms with van der Waals surface area (Å²) in [4.78, 5) is 27.1. The molecule has 25 heavy (non-hydrogen) atoms. The Bertz CT molecular complexity index is 840. The molecule has 1 aromatic rings. The molecule has 2 unspecified atom stereocenters. The molecule has 0 aromatic heterocycles. The number of nitrogens with zero attached hydrogens (tertiary/aromatic N) is 1. The largest absolute Gasteiger partial charge is 0.493 e. The van der Waals surface area contributed by atoms with Gasteiger partial charge in [0.15, 0.2) is 11.5 Å². The van der Waals surface area contributed by atoms with Gasteiger partial charge in [0.1, 0.15) is 0 Å². The van der Waals surface area contributed by atoms with Crippen LogP contribution < -0.4 is 9.47 Å². The van der Waals surface area contributed by atoms with E-state index < -0.39 is 17.2 Å². The van der Waals surface area contributed by atoms with E-state index >= 15 is 0 Å². The zero-order valence-electron chi connectivity index (χ0n) is 14.4. The van der Waals surface area contributed by atoms with Gasteiger partial charge in [-0.15, -0.1) is 0 Å². The summed E-state index contributed by atoms with van der Waals surface area (Å²) < 4.78 is 16.3. The van der Waals surface area contributed by atoms with Gasteiger partial charge in [-0.25, -0.2) is 0 Å². The lowest BCUT2D eigenvalue weighted by molar-refractivity contribution is -0.132. The van der Waals surface area contributed by atoms with Crippen molar-refractivity contribution in [2.75, 3.05) is 27.9 Å². The number of amides is 1. The molecule has 0 saturated heterocycles. The Labute approximate surface area is 145 Å². The molecule has 2 heterocycles. The number of ether oxygens (including phenoxy) is 3. The van der Waals surface area contributed by atoms with Gasteiger partial charge in [-0.05, 0) is 23.3 Å².